The minimum Gasteiger partial charge on any atom is -0.478 e. The van der Waals surface area contributed by atoms with E-state index in [0.29, 0.717) is 11.3 Å². The molecule has 0 spiro atoms. The molecule has 4 nitrogen and oxygen atoms in total. The molecule has 0 aliphatic carbocycles. The predicted octanol–water partition coefficient (Wildman–Crippen LogP) is 2.86. The molecule has 1 aromatic rings. The van der Waals surface area contributed by atoms with E-state index < -0.39 is 11.9 Å². The number of carboxylic acid groups (broad SMARTS) is 1. The number of carboxylic acids is 1. The Kier molecular flexibility index (Phi) is 4.04. The lowest BCUT2D eigenvalue weighted by Crippen LogP contribution is -2.05. The van der Waals surface area contributed by atoms with Crippen LogP contribution in [0.3, 0.4) is 0 Å². The first-order valence-corrected chi connectivity index (χ1v) is 5.11. The quantitative estimate of drug-likeness (QED) is 0.645. The highest BCUT2D eigenvalue weighted by Crippen LogP contribution is 2.10. The van der Waals surface area contributed by atoms with Crippen LogP contribution in [0.1, 0.15) is 41.5 Å². The monoisotopic (exact) mass is 234 g/mol. The molecule has 0 unspecified atom stereocenters. The first kappa shape index (κ1) is 13.0. The Morgan fingerprint density at radius 3 is 1.88 bits per heavy atom. The summed E-state index contributed by atoms with van der Waals surface area (Å²) >= 11 is 0. The topological polar surface area (TPSA) is 63.6 Å². The molecule has 0 aromatic heterocycles. The summed E-state index contributed by atoms with van der Waals surface area (Å²) in [5, 5.41) is 8.71. The number of esters is 1. The second kappa shape index (κ2) is 5.30. The van der Waals surface area contributed by atoms with Gasteiger partial charge >= 0.3 is 11.9 Å². The molecule has 0 fully saturated rings. The van der Waals surface area contributed by atoms with Crippen molar-refractivity contribution in [2.24, 2.45) is 0 Å². The average molecular weight is 234 g/mol. The SMILES string of the molecule is CC(C)=C(C)OC(=O)c1ccc(C(=O)O)cc1. The van der Waals surface area contributed by atoms with E-state index in [2.05, 4.69) is 0 Å². The molecule has 0 radical (unpaired) electrons. The predicted molar refractivity (Wildman–Crippen MR) is 62.9 cm³/mol. The molecule has 0 heterocycles. The van der Waals surface area contributed by atoms with Crippen LogP contribution in [0.25, 0.3) is 0 Å². The van der Waals surface area contributed by atoms with Crippen molar-refractivity contribution in [1.82, 2.24) is 0 Å². The van der Waals surface area contributed by atoms with Crippen LogP contribution in [0, 0.1) is 0 Å². The Labute approximate surface area is 99.5 Å². The maximum Gasteiger partial charge on any atom is 0.343 e. The third-order valence-electron chi connectivity index (χ3n) is 2.32. The van der Waals surface area contributed by atoms with E-state index in [-0.39, 0.29) is 5.56 Å². The number of ether oxygens (including phenoxy) is 1. The highest BCUT2D eigenvalue weighted by Gasteiger charge is 2.10. The molecule has 4 heteroatoms. The Balaban J connectivity index is 2.84. The maximum absolute atomic E-state index is 11.6. The van der Waals surface area contributed by atoms with Crippen LogP contribution in [-0.2, 0) is 4.74 Å². The Bertz CT molecular complexity index is 465. The number of allylic oxidation sites excluding steroid dienone is 2. The lowest BCUT2D eigenvalue weighted by molar-refractivity contribution is 0.0619. The zero-order valence-corrected chi connectivity index (χ0v) is 9.98. The van der Waals surface area contributed by atoms with E-state index in [9.17, 15) is 9.59 Å². The molecule has 0 atom stereocenters. The van der Waals surface area contributed by atoms with Crippen LogP contribution >= 0.6 is 0 Å². The van der Waals surface area contributed by atoms with Crippen molar-refractivity contribution in [3.8, 4) is 0 Å². The van der Waals surface area contributed by atoms with Crippen LogP contribution in [0.4, 0.5) is 0 Å². The fourth-order valence-corrected chi connectivity index (χ4v) is 1.05. The molecule has 0 aliphatic rings. The van der Waals surface area contributed by atoms with Crippen molar-refractivity contribution in [1.29, 1.82) is 0 Å². The van der Waals surface area contributed by atoms with Crippen molar-refractivity contribution in [2.45, 2.75) is 20.8 Å². The second-order valence-corrected chi connectivity index (χ2v) is 3.83. The standard InChI is InChI=1S/C13H14O4/c1-8(2)9(3)17-13(16)11-6-4-10(5-7-11)12(14)15/h4-7H,1-3H3,(H,14,15). The van der Waals surface area contributed by atoms with Gasteiger partial charge in [0.05, 0.1) is 11.1 Å². The molecular weight excluding hydrogens is 220 g/mol. The van der Waals surface area contributed by atoms with E-state index in [0.717, 1.165) is 5.57 Å². The summed E-state index contributed by atoms with van der Waals surface area (Å²) in [4.78, 5) is 22.3. The zero-order chi connectivity index (χ0) is 13.0. The molecule has 0 saturated heterocycles. The molecule has 0 aliphatic heterocycles. The fraction of sp³-hybridized carbons (Fsp3) is 0.231. The van der Waals surface area contributed by atoms with Crippen LogP contribution < -0.4 is 0 Å². The average Bonchev–Trinajstić information content (AvgIpc) is 2.28. The minimum atomic E-state index is -1.02. The molecule has 1 N–H and O–H groups in total. The Morgan fingerprint density at radius 2 is 1.47 bits per heavy atom. The fourth-order valence-electron chi connectivity index (χ4n) is 1.05. The maximum atomic E-state index is 11.6. The van der Waals surface area contributed by atoms with Gasteiger partial charge < -0.3 is 9.84 Å². The number of hydrogen-bond donors (Lipinski definition) is 1. The second-order valence-electron chi connectivity index (χ2n) is 3.83. The third-order valence-corrected chi connectivity index (χ3v) is 2.32. The molecule has 17 heavy (non-hydrogen) atoms. The van der Waals surface area contributed by atoms with Crippen molar-refractivity contribution in [3.05, 3.63) is 46.7 Å². The number of carbonyl (C=O) groups is 2. The third kappa shape index (κ3) is 3.45. The number of carbonyl (C=O) groups excluding carboxylic acids is 1. The highest BCUT2D eigenvalue weighted by atomic mass is 16.5. The first-order valence-electron chi connectivity index (χ1n) is 5.11. The Morgan fingerprint density at radius 1 is 1.00 bits per heavy atom. The van der Waals surface area contributed by atoms with Gasteiger partial charge in [-0.05, 0) is 50.6 Å². The summed E-state index contributed by atoms with van der Waals surface area (Å²) < 4.78 is 5.09. The smallest absolute Gasteiger partial charge is 0.343 e. The molecule has 1 aromatic carbocycles. The van der Waals surface area contributed by atoms with Gasteiger partial charge in [0, 0.05) is 0 Å². The van der Waals surface area contributed by atoms with Crippen molar-refractivity contribution in [2.75, 3.05) is 0 Å². The normalized spacial score (nSPS) is 9.59. The van der Waals surface area contributed by atoms with Gasteiger partial charge in [-0.15, -0.1) is 0 Å². The molecular formula is C13H14O4. The highest BCUT2D eigenvalue weighted by molar-refractivity contribution is 5.92. The number of aromatic carboxylic acids is 1. The van der Waals surface area contributed by atoms with Crippen LogP contribution in [-0.4, -0.2) is 17.0 Å². The van der Waals surface area contributed by atoms with Gasteiger partial charge in [-0.1, -0.05) is 0 Å². The van der Waals surface area contributed by atoms with Gasteiger partial charge in [0.15, 0.2) is 0 Å². The molecule has 0 amide bonds. The van der Waals surface area contributed by atoms with Gasteiger partial charge in [-0.3, -0.25) is 0 Å². The lowest BCUT2D eigenvalue weighted by atomic mass is 10.1. The van der Waals surface area contributed by atoms with Crippen LogP contribution in [0.2, 0.25) is 0 Å². The summed E-state index contributed by atoms with van der Waals surface area (Å²) in [5.41, 5.74) is 1.39. The summed E-state index contributed by atoms with van der Waals surface area (Å²) in [6.07, 6.45) is 0. The van der Waals surface area contributed by atoms with Crippen molar-refractivity contribution in [3.63, 3.8) is 0 Å². The number of rotatable bonds is 3. The van der Waals surface area contributed by atoms with Crippen LogP contribution in [0.15, 0.2) is 35.6 Å². The van der Waals surface area contributed by atoms with Crippen molar-refractivity contribution < 1.29 is 19.4 Å². The zero-order valence-electron chi connectivity index (χ0n) is 9.98. The van der Waals surface area contributed by atoms with Gasteiger partial charge in [-0.2, -0.15) is 0 Å². The summed E-state index contributed by atoms with van der Waals surface area (Å²) in [7, 11) is 0. The first-order chi connectivity index (χ1) is 7.91. The summed E-state index contributed by atoms with van der Waals surface area (Å²) in [6, 6.07) is 5.61. The largest absolute Gasteiger partial charge is 0.478 e. The van der Waals surface area contributed by atoms with Gasteiger partial charge in [0.2, 0.25) is 0 Å². The minimum absolute atomic E-state index is 0.139. The number of hydrogen-bond acceptors (Lipinski definition) is 3. The van der Waals surface area contributed by atoms with Crippen molar-refractivity contribution >= 4 is 11.9 Å². The van der Waals surface area contributed by atoms with E-state index in [1.54, 1.807) is 6.92 Å². The summed E-state index contributed by atoms with van der Waals surface area (Å²) in [6.45, 7) is 5.39. The van der Waals surface area contributed by atoms with E-state index in [1.165, 1.54) is 24.3 Å². The molecule has 1 rings (SSSR count). The molecule has 90 valence electrons. The van der Waals surface area contributed by atoms with E-state index in [4.69, 9.17) is 9.84 Å². The van der Waals surface area contributed by atoms with Gasteiger partial charge in [0.25, 0.3) is 0 Å². The molecule has 0 saturated carbocycles. The summed E-state index contributed by atoms with van der Waals surface area (Å²) in [5.74, 6) is -0.955. The Hall–Kier alpha value is -2.10. The van der Waals surface area contributed by atoms with Gasteiger partial charge in [0.1, 0.15) is 5.76 Å². The van der Waals surface area contributed by atoms with E-state index >= 15 is 0 Å². The number of benzene rings is 1. The van der Waals surface area contributed by atoms with Crippen LogP contribution in [0.5, 0.6) is 0 Å². The lowest BCUT2D eigenvalue weighted by Gasteiger charge is -2.06. The molecule has 0 bridgehead atoms. The van der Waals surface area contributed by atoms with Gasteiger partial charge in [-0.25, -0.2) is 9.59 Å². The van der Waals surface area contributed by atoms with E-state index in [1.807, 2.05) is 13.8 Å².